The zero-order valence-electron chi connectivity index (χ0n) is 17.6. The third kappa shape index (κ3) is 4.05. The second-order valence-corrected chi connectivity index (χ2v) is 8.48. The summed E-state index contributed by atoms with van der Waals surface area (Å²) in [5.41, 5.74) is 13.5. The first-order valence-electron chi connectivity index (χ1n) is 10.4. The summed E-state index contributed by atoms with van der Waals surface area (Å²) in [5, 5.41) is 0. The lowest BCUT2D eigenvalue weighted by atomic mass is 9.71. The van der Waals surface area contributed by atoms with Crippen molar-refractivity contribution in [2.24, 2.45) is 5.73 Å². The van der Waals surface area contributed by atoms with Crippen molar-refractivity contribution in [2.75, 3.05) is 0 Å². The summed E-state index contributed by atoms with van der Waals surface area (Å²) in [7, 11) is 0. The SMILES string of the molecule is CC1(C)CC=C(c2ccc(CN)cc2)c2ccc(C(=O)C=Cc3ccccc3)cc21. The van der Waals surface area contributed by atoms with Crippen LogP contribution in [0.5, 0.6) is 0 Å². The minimum absolute atomic E-state index is 0.0184. The smallest absolute Gasteiger partial charge is 0.185 e. The molecular formula is C28H27NO. The maximum atomic E-state index is 12.8. The summed E-state index contributed by atoms with van der Waals surface area (Å²) in [4.78, 5) is 12.8. The molecule has 2 nitrogen and oxygen atoms in total. The Morgan fingerprint density at radius 1 is 1.00 bits per heavy atom. The topological polar surface area (TPSA) is 43.1 Å². The number of fused-ring (bicyclic) bond motifs is 1. The fourth-order valence-corrected chi connectivity index (χ4v) is 4.00. The lowest BCUT2D eigenvalue weighted by Gasteiger charge is -2.32. The van der Waals surface area contributed by atoms with Crippen molar-refractivity contribution in [2.45, 2.75) is 32.2 Å². The number of hydrogen-bond donors (Lipinski definition) is 1. The molecule has 0 unspecified atom stereocenters. The Labute approximate surface area is 178 Å². The number of benzene rings is 3. The van der Waals surface area contributed by atoms with E-state index in [1.165, 1.54) is 22.3 Å². The van der Waals surface area contributed by atoms with E-state index in [0.29, 0.717) is 6.54 Å². The molecular weight excluding hydrogens is 366 g/mol. The summed E-state index contributed by atoms with van der Waals surface area (Å²) in [6, 6.07) is 24.5. The quantitative estimate of drug-likeness (QED) is 0.417. The molecule has 0 radical (unpaired) electrons. The number of allylic oxidation sites excluding steroid dienone is 2. The maximum absolute atomic E-state index is 12.8. The van der Waals surface area contributed by atoms with Gasteiger partial charge in [-0.3, -0.25) is 4.79 Å². The Balaban J connectivity index is 1.68. The van der Waals surface area contributed by atoms with Crippen LogP contribution in [0.2, 0.25) is 0 Å². The van der Waals surface area contributed by atoms with Crippen molar-refractivity contribution in [3.63, 3.8) is 0 Å². The molecule has 0 atom stereocenters. The number of ketones is 1. The third-order valence-electron chi connectivity index (χ3n) is 5.87. The molecule has 0 heterocycles. The van der Waals surface area contributed by atoms with Crippen LogP contribution >= 0.6 is 0 Å². The van der Waals surface area contributed by atoms with Crippen LogP contribution < -0.4 is 5.73 Å². The number of rotatable bonds is 5. The molecule has 0 bridgehead atoms. The van der Waals surface area contributed by atoms with Gasteiger partial charge in [-0.15, -0.1) is 0 Å². The lowest BCUT2D eigenvalue weighted by molar-refractivity contribution is 0.104. The van der Waals surface area contributed by atoms with Crippen LogP contribution in [-0.4, -0.2) is 5.78 Å². The minimum Gasteiger partial charge on any atom is -0.326 e. The van der Waals surface area contributed by atoms with Crippen molar-refractivity contribution in [1.29, 1.82) is 0 Å². The van der Waals surface area contributed by atoms with Crippen molar-refractivity contribution < 1.29 is 4.79 Å². The molecule has 0 amide bonds. The first-order chi connectivity index (χ1) is 14.5. The van der Waals surface area contributed by atoms with E-state index in [9.17, 15) is 4.79 Å². The van der Waals surface area contributed by atoms with E-state index in [-0.39, 0.29) is 11.2 Å². The van der Waals surface area contributed by atoms with Gasteiger partial charge in [0.2, 0.25) is 0 Å². The van der Waals surface area contributed by atoms with Gasteiger partial charge in [-0.1, -0.05) is 92.7 Å². The van der Waals surface area contributed by atoms with Crippen molar-refractivity contribution in [3.8, 4) is 0 Å². The molecule has 0 saturated heterocycles. The van der Waals surface area contributed by atoms with Crippen molar-refractivity contribution in [1.82, 2.24) is 0 Å². The highest BCUT2D eigenvalue weighted by molar-refractivity contribution is 6.07. The Kier molecular flexibility index (Phi) is 5.52. The molecule has 1 aliphatic carbocycles. The maximum Gasteiger partial charge on any atom is 0.185 e. The number of nitrogens with two attached hydrogens (primary N) is 1. The van der Waals surface area contributed by atoms with E-state index < -0.39 is 0 Å². The molecule has 0 saturated carbocycles. The zero-order chi connectivity index (χ0) is 21.1. The Morgan fingerprint density at radius 2 is 1.73 bits per heavy atom. The molecule has 3 aromatic carbocycles. The Bertz CT molecular complexity index is 1120. The first kappa shape index (κ1) is 20.1. The van der Waals surface area contributed by atoms with E-state index in [2.05, 4.69) is 56.3 Å². The monoisotopic (exact) mass is 393 g/mol. The highest BCUT2D eigenvalue weighted by Crippen LogP contribution is 2.41. The molecule has 30 heavy (non-hydrogen) atoms. The van der Waals surface area contributed by atoms with E-state index in [1.807, 2.05) is 42.5 Å². The van der Waals surface area contributed by atoms with Gasteiger partial charge in [0.1, 0.15) is 0 Å². The van der Waals surface area contributed by atoms with Gasteiger partial charge in [0.25, 0.3) is 0 Å². The lowest BCUT2D eigenvalue weighted by Crippen LogP contribution is -2.22. The van der Waals surface area contributed by atoms with Gasteiger partial charge in [0, 0.05) is 12.1 Å². The van der Waals surface area contributed by atoms with Gasteiger partial charge in [-0.25, -0.2) is 0 Å². The predicted molar refractivity (Wildman–Crippen MR) is 125 cm³/mol. The van der Waals surface area contributed by atoms with Crippen LogP contribution in [0.4, 0.5) is 0 Å². The first-order valence-corrected chi connectivity index (χ1v) is 10.4. The normalized spacial score (nSPS) is 15.0. The molecule has 0 spiro atoms. The molecule has 0 aromatic heterocycles. The molecule has 1 aliphatic rings. The molecule has 0 aliphatic heterocycles. The van der Waals surface area contributed by atoms with Gasteiger partial charge < -0.3 is 5.73 Å². The second kappa shape index (κ2) is 8.25. The second-order valence-electron chi connectivity index (χ2n) is 8.48. The number of carbonyl (C=O) groups is 1. The van der Waals surface area contributed by atoms with E-state index in [1.54, 1.807) is 6.08 Å². The van der Waals surface area contributed by atoms with Gasteiger partial charge >= 0.3 is 0 Å². The standard InChI is InChI=1S/C28H27NO/c1-28(2)17-16-24(22-11-8-21(19-29)9-12-22)25-14-13-23(18-26(25)28)27(30)15-10-20-6-4-3-5-7-20/h3-16,18H,17,19,29H2,1-2H3. The summed E-state index contributed by atoms with van der Waals surface area (Å²) < 4.78 is 0. The average Bonchev–Trinajstić information content (AvgIpc) is 2.78. The molecule has 3 aromatic rings. The predicted octanol–water partition coefficient (Wildman–Crippen LogP) is 6.15. The van der Waals surface area contributed by atoms with Gasteiger partial charge in [-0.05, 0) is 57.4 Å². The largest absolute Gasteiger partial charge is 0.326 e. The Hall–Kier alpha value is -3.23. The van der Waals surface area contributed by atoms with Crippen LogP contribution in [0.1, 0.15) is 58.4 Å². The number of carbonyl (C=O) groups excluding carboxylic acids is 1. The number of hydrogen-bond acceptors (Lipinski definition) is 2. The average molecular weight is 394 g/mol. The molecule has 4 rings (SSSR count). The van der Waals surface area contributed by atoms with Crippen molar-refractivity contribution >= 4 is 17.4 Å². The van der Waals surface area contributed by atoms with Crippen LogP contribution in [0.3, 0.4) is 0 Å². The third-order valence-corrected chi connectivity index (χ3v) is 5.87. The van der Waals surface area contributed by atoms with Crippen LogP contribution in [0.25, 0.3) is 11.6 Å². The molecule has 2 N–H and O–H groups in total. The van der Waals surface area contributed by atoms with Gasteiger partial charge in [-0.2, -0.15) is 0 Å². The highest BCUT2D eigenvalue weighted by atomic mass is 16.1. The van der Waals surface area contributed by atoms with E-state index in [0.717, 1.165) is 23.1 Å². The molecule has 0 fully saturated rings. The van der Waals surface area contributed by atoms with E-state index >= 15 is 0 Å². The van der Waals surface area contributed by atoms with Crippen LogP contribution in [-0.2, 0) is 12.0 Å². The van der Waals surface area contributed by atoms with Crippen LogP contribution in [0.15, 0.2) is 84.9 Å². The summed E-state index contributed by atoms with van der Waals surface area (Å²) in [6.45, 7) is 5.03. The van der Waals surface area contributed by atoms with Crippen molar-refractivity contribution in [3.05, 3.63) is 118 Å². The Morgan fingerprint density at radius 3 is 2.43 bits per heavy atom. The minimum atomic E-state index is -0.0184. The highest BCUT2D eigenvalue weighted by Gasteiger charge is 2.29. The zero-order valence-corrected chi connectivity index (χ0v) is 17.6. The van der Waals surface area contributed by atoms with Gasteiger partial charge in [0.05, 0.1) is 0 Å². The fraction of sp³-hybridized carbons (Fsp3) is 0.179. The summed E-state index contributed by atoms with van der Waals surface area (Å²) >= 11 is 0. The van der Waals surface area contributed by atoms with Crippen LogP contribution in [0, 0.1) is 0 Å². The van der Waals surface area contributed by atoms with Gasteiger partial charge in [0.15, 0.2) is 5.78 Å². The fourth-order valence-electron chi connectivity index (χ4n) is 4.00. The molecule has 150 valence electrons. The molecule has 2 heteroatoms. The summed E-state index contributed by atoms with van der Waals surface area (Å²) in [5.74, 6) is 0.0286. The summed E-state index contributed by atoms with van der Waals surface area (Å²) in [6.07, 6.45) is 6.79. The van der Waals surface area contributed by atoms with E-state index in [4.69, 9.17) is 5.73 Å².